The van der Waals surface area contributed by atoms with Gasteiger partial charge in [-0.3, -0.25) is 9.19 Å². The first-order valence-corrected chi connectivity index (χ1v) is 8.81. The Morgan fingerprint density at radius 2 is 2.00 bits per heavy atom. The molecular formula is C16H24BrNOS. The van der Waals surface area contributed by atoms with E-state index in [1.165, 1.54) is 0 Å². The normalized spacial score (nSPS) is 16.5. The lowest BCUT2D eigenvalue weighted by molar-refractivity contribution is 0.501. The monoisotopic (exact) mass is 357 g/mol. The van der Waals surface area contributed by atoms with Crippen LogP contribution in [0.5, 0.6) is 0 Å². The summed E-state index contributed by atoms with van der Waals surface area (Å²) in [4.78, 5) is 4.49. The number of rotatable bonds is 5. The summed E-state index contributed by atoms with van der Waals surface area (Å²) in [6, 6.07) is 3.92. The van der Waals surface area contributed by atoms with Crippen molar-refractivity contribution in [1.82, 2.24) is 4.98 Å². The third kappa shape index (κ3) is 4.81. The molecule has 1 heterocycles. The van der Waals surface area contributed by atoms with Crippen LogP contribution in [0, 0.1) is 0 Å². The summed E-state index contributed by atoms with van der Waals surface area (Å²) in [5.74, 6) is 0.590. The van der Waals surface area contributed by atoms with Crippen molar-refractivity contribution >= 4 is 26.7 Å². The number of halogens is 1. The van der Waals surface area contributed by atoms with Gasteiger partial charge < -0.3 is 0 Å². The standard InChI is InChI=1S/C16H24BrNOS/c1-12(2)10-16(6,11-20(19)15(3,4)5)14-9-13(17)7-8-18-14/h7-9H,1,10-11H2,2-6H3/t16-,20+/m1/s1. The van der Waals surface area contributed by atoms with Crippen molar-refractivity contribution in [3.63, 3.8) is 0 Å². The van der Waals surface area contributed by atoms with E-state index in [1.807, 2.05) is 39.8 Å². The topological polar surface area (TPSA) is 30.0 Å². The van der Waals surface area contributed by atoms with Crippen LogP contribution >= 0.6 is 15.9 Å². The maximum atomic E-state index is 12.6. The fourth-order valence-corrected chi connectivity index (χ4v) is 3.72. The van der Waals surface area contributed by atoms with Crippen LogP contribution in [-0.4, -0.2) is 19.7 Å². The van der Waals surface area contributed by atoms with Crippen molar-refractivity contribution in [2.75, 3.05) is 5.75 Å². The van der Waals surface area contributed by atoms with Gasteiger partial charge in [0.1, 0.15) is 0 Å². The molecule has 0 N–H and O–H groups in total. The van der Waals surface area contributed by atoms with Crippen LogP contribution in [0.15, 0.2) is 35.0 Å². The second-order valence-corrected chi connectivity index (χ2v) is 9.78. The van der Waals surface area contributed by atoms with Crippen LogP contribution in [0.2, 0.25) is 0 Å². The molecule has 1 aromatic rings. The van der Waals surface area contributed by atoms with E-state index in [4.69, 9.17) is 0 Å². The Kier molecular flexibility index (Phi) is 5.73. The smallest absolute Gasteiger partial charge is 0.0486 e. The molecule has 0 aliphatic carbocycles. The van der Waals surface area contributed by atoms with Gasteiger partial charge in [0, 0.05) is 43.1 Å². The van der Waals surface area contributed by atoms with E-state index in [9.17, 15) is 4.21 Å². The molecule has 2 atom stereocenters. The molecule has 0 unspecified atom stereocenters. The first-order valence-electron chi connectivity index (χ1n) is 6.69. The Labute approximate surface area is 133 Å². The van der Waals surface area contributed by atoms with Crippen molar-refractivity contribution in [1.29, 1.82) is 0 Å². The van der Waals surface area contributed by atoms with Crippen LogP contribution in [0.4, 0.5) is 0 Å². The summed E-state index contributed by atoms with van der Waals surface area (Å²) in [6.45, 7) is 14.2. The number of pyridine rings is 1. The minimum atomic E-state index is -0.927. The fraction of sp³-hybridized carbons (Fsp3) is 0.562. The van der Waals surface area contributed by atoms with Crippen LogP contribution in [0.1, 0.15) is 46.7 Å². The van der Waals surface area contributed by atoms with Gasteiger partial charge in [0.05, 0.1) is 0 Å². The molecule has 0 saturated heterocycles. The Balaban J connectivity index is 3.16. The molecule has 0 radical (unpaired) electrons. The van der Waals surface area contributed by atoms with Gasteiger partial charge in [0.25, 0.3) is 0 Å². The average Bonchev–Trinajstić information content (AvgIpc) is 2.26. The van der Waals surface area contributed by atoms with Crippen molar-refractivity contribution < 1.29 is 4.21 Å². The molecule has 4 heteroatoms. The van der Waals surface area contributed by atoms with Gasteiger partial charge in [-0.2, -0.15) is 0 Å². The zero-order valence-electron chi connectivity index (χ0n) is 13.0. The van der Waals surface area contributed by atoms with E-state index in [-0.39, 0.29) is 10.2 Å². The lowest BCUT2D eigenvalue weighted by atomic mass is 9.82. The van der Waals surface area contributed by atoms with Crippen LogP contribution < -0.4 is 0 Å². The molecule has 0 amide bonds. The molecule has 0 aromatic carbocycles. The minimum absolute atomic E-state index is 0.220. The molecular weight excluding hydrogens is 334 g/mol. The van der Waals surface area contributed by atoms with E-state index >= 15 is 0 Å². The van der Waals surface area contributed by atoms with Crippen molar-refractivity contribution in [2.45, 2.75) is 51.2 Å². The summed E-state index contributed by atoms with van der Waals surface area (Å²) in [5.41, 5.74) is 1.79. The summed E-state index contributed by atoms with van der Waals surface area (Å²) in [7, 11) is -0.927. The summed E-state index contributed by atoms with van der Waals surface area (Å²) in [5, 5.41) is 0. The molecule has 0 bridgehead atoms. The Morgan fingerprint density at radius 1 is 1.40 bits per heavy atom. The van der Waals surface area contributed by atoms with Gasteiger partial charge in [-0.25, -0.2) is 0 Å². The van der Waals surface area contributed by atoms with Crippen molar-refractivity contribution in [3.8, 4) is 0 Å². The number of allylic oxidation sites excluding steroid dienone is 1. The number of hydrogen-bond donors (Lipinski definition) is 0. The third-order valence-corrected chi connectivity index (χ3v) is 5.92. The van der Waals surface area contributed by atoms with Crippen LogP contribution in [-0.2, 0) is 16.2 Å². The highest BCUT2D eigenvalue weighted by molar-refractivity contribution is 9.10. The molecule has 1 rings (SSSR count). The summed E-state index contributed by atoms with van der Waals surface area (Å²) >= 11 is 3.49. The lowest BCUT2D eigenvalue weighted by Gasteiger charge is -2.32. The maximum Gasteiger partial charge on any atom is 0.0486 e. The molecule has 0 aliphatic rings. The zero-order valence-corrected chi connectivity index (χ0v) is 15.4. The second-order valence-electron chi connectivity index (χ2n) is 6.66. The molecule has 0 fully saturated rings. The van der Waals surface area contributed by atoms with Crippen LogP contribution in [0.25, 0.3) is 0 Å². The zero-order chi connectivity index (χ0) is 15.6. The first-order chi connectivity index (χ1) is 9.04. The minimum Gasteiger partial charge on any atom is -0.261 e. The molecule has 0 saturated carbocycles. The van der Waals surface area contributed by atoms with E-state index < -0.39 is 10.8 Å². The van der Waals surface area contributed by atoms with Gasteiger partial charge in [-0.05, 0) is 46.2 Å². The average molecular weight is 358 g/mol. The predicted molar refractivity (Wildman–Crippen MR) is 91.5 cm³/mol. The molecule has 0 aliphatic heterocycles. The highest BCUT2D eigenvalue weighted by Gasteiger charge is 2.34. The van der Waals surface area contributed by atoms with E-state index in [0.717, 1.165) is 22.2 Å². The van der Waals surface area contributed by atoms with Gasteiger partial charge in [0.15, 0.2) is 0 Å². The molecule has 20 heavy (non-hydrogen) atoms. The number of hydrogen-bond acceptors (Lipinski definition) is 2. The SMILES string of the molecule is C=C(C)C[C@](C)(C[S@](=O)C(C)(C)C)c1cc(Br)ccn1. The lowest BCUT2D eigenvalue weighted by Crippen LogP contribution is -2.36. The first kappa shape index (κ1) is 17.6. The predicted octanol–water partition coefficient (Wildman–Crippen LogP) is 4.62. The number of aromatic nitrogens is 1. The van der Waals surface area contributed by atoms with Gasteiger partial charge in [0.2, 0.25) is 0 Å². The van der Waals surface area contributed by atoms with Crippen molar-refractivity contribution in [3.05, 3.63) is 40.6 Å². The molecule has 1 aromatic heterocycles. The summed E-state index contributed by atoms with van der Waals surface area (Å²) in [6.07, 6.45) is 2.58. The molecule has 0 spiro atoms. The Morgan fingerprint density at radius 3 is 2.45 bits per heavy atom. The van der Waals surface area contributed by atoms with E-state index in [1.54, 1.807) is 6.20 Å². The van der Waals surface area contributed by atoms with Crippen molar-refractivity contribution in [2.24, 2.45) is 0 Å². The van der Waals surface area contributed by atoms with Gasteiger partial charge in [-0.15, -0.1) is 6.58 Å². The van der Waals surface area contributed by atoms with E-state index in [2.05, 4.69) is 34.4 Å². The second kappa shape index (κ2) is 6.52. The molecule has 112 valence electrons. The Hall–Kier alpha value is -0.480. The van der Waals surface area contributed by atoms with Crippen LogP contribution in [0.3, 0.4) is 0 Å². The summed E-state index contributed by atoms with van der Waals surface area (Å²) < 4.78 is 13.3. The van der Waals surface area contributed by atoms with E-state index in [0.29, 0.717) is 5.75 Å². The maximum absolute atomic E-state index is 12.6. The highest BCUT2D eigenvalue weighted by Crippen LogP contribution is 2.33. The largest absolute Gasteiger partial charge is 0.261 e. The quantitative estimate of drug-likeness (QED) is 0.719. The Bertz CT molecular complexity index is 521. The van der Waals surface area contributed by atoms with Gasteiger partial charge >= 0.3 is 0 Å². The van der Waals surface area contributed by atoms with Gasteiger partial charge in [-0.1, -0.05) is 28.4 Å². The fourth-order valence-electron chi connectivity index (χ4n) is 2.12. The molecule has 2 nitrogen and oxygen atoms in total. The third-order valence-electron chi connectivity index (χ3n) is 3.16. The number of nitrogens with zero attached hydrogens (tertiary/aromatic N) is 1. The highest BCUT2D eigenvalue weighted by atomic mass is 79.9.